The first kappa shape index (κ1) is 15.6. The molecule has 21 heavy (non-hydrogen) atoms. The lowest BCUT2D eigenvalue weighted by Gasteiger charge is -2.13. The highest BCUT2D eigenvalue weighted by Crippen LogP contribution is 2.29. The molecule has 0 bridgehead atoms. The van der Waals surface area contributed by atoms with Gasteiger partial charge in [0.25, 0.3) is 0 Å². The van der Waals surface area contributed by atoms with E-state index in [0.29, 0.717) is 35.8 Å². The third-order valence-corrected chi connectivity index (χ3v) is 3.07. The number of hydrogen-bond donors (Lipinski definition) is 1. The van der Waals surface area contributed by atoms with Crippen LogP contribution in [0.25, 0.3) is 0 Å². The third-order valence-electron chi connectivity index (χ3n) is 2.77. The quantitative estimate of drug-likeness (QED) is 0.792. The van der Waals surface area contributed by atoms with E-state index in [1.165, 1.54) is 0 Å². The first-order valence-electron chi connectivity index (χ1n) is 6.58. The minimum absolute atomic E-state index is 0.109. The number of rotatable bonds is 7. The first-order chi connectivity index (χ1) is 10.1. The van der Waals surface area contributed by atoms with Crippen molar-refractivity contribution in [2.24, 2.45) is 0 Å². The van der Waals surface area contributed by atoms with Gasteiger partial charge in [0.2, 0.25) is 11.8 Å². The molecule has 0 saturated carbocycles. The monoisotopic (exact) mass is 311 g/mol. The second-order valence-electron chi connectivity index (χ2n) is 4.51. The summed E-state index contributed by atoms with van der Waals surface area (Å²) in [7, 11) is 1.62. The molecule has 1 atom stereocenters. The van der Waals surface area contributed by atoms with Crippen LogP contribution in [0.4, 0.5) is 5.69 Å². The van der Waals surface area contributed by atoms with Gasteiger partial charge in [-0.05, 0) is 25.1 Å². The molecule has 1 heterocycles. The third kappa shape index (κ3) is 4.34. The van der Waals surface area contributed by atoms with Crippen LogP contribution in [0.5, 0.6) is 5.75 Å². The Labute approximate surface area is 128 Å². The van der Waals surface area contributed by atoms with Gasteiger partial charge in [-0.2, -0.15) is 0 Å². The standard InChI is InChI=1S/C14H18ClN3O3/c1-9(14-18-17-10(2)21-14)16-11-4-5-13(12(15)8-11)20-7-6-19-3/h4-5,8-9,16H,6-7H2,1-3H3/t9-/m0/s1. The number of benzene rings is 1. The molecule has 2 rings (SSSR count). The SMILES string of the molecule is COCCOc1ccc(N[C@@H](C)c2nnc(C)o2)cc1Cl. The van der Waals surface area contributed by atoms with Gasteiger partial charge in [-0.25, -0.2) is 0 Å². The van der Waals surface area contributed by atoms with E-state index in [4.69, 9.17) is 25.5 Å². The molecule has 0 aliphatic rings. The zero-order valence-corrected chi connectivity index (χ0v) is 13.0. The number of hydrogen-bond acceptors (Lipinski definition) is 6. The van der Waals surface area contributed by atoms with E-state index in [2.05, 4.69) is 15.5 Å². The number of aryl methyl sites for hydroxylation is 1. The Morgan fingerprint density at radius 2 is 2.14 bits per heavy atom. The van der Waals surface area contributed by atoms with Crippen molar-refractivity contribution in [2.45, 2.75) is 19.9 Å². The van der Waals surface area contributed by atoms with Crippen LogP contribution in [0.2, 0.25) is 5.02 Å². The van der Waals surface area contributed by atoms with Gasteiger partial charge in [-0.15, -0.1) is 10.2 Å². The van der Waals surface area contributed by atoms with E-state index >= 15 is 0 Å². The lowest BCUT2D eigenvalue weighted by atomic mass is 10.2. The van der Waals surface area contributed by atoms with Crippen LogP contribution in [0.15, 0.2) is 22.6 Å². The van der Waals surface area contributed by atoms with E-state index in [1.807, 2.05) is 19.1 Å². The van der Waals surface area contributed by atoms with Gasteiger partial charge in [0.15, 0.2) is 0 Å². The second kappa shape index (κ2) is 7.28. The van der Waals surface area contributed by atoms with Crippen molar-refractivity contribution in [3.63, 3.8) is 0 Å². The number of methoxy groups -OCH3 is 1. The second-order valence-corrected chi connectivity index (χ2v) is 4.92. The first-order valence-corrected chi connectivity index (χ1v) is 6.95. The van der Waals surface area contributed by atoms with Gasteiger partial charge in [0.05, 0.1) is 11.6 Å². The Hall–Kier alpha value is -1.79. The summed E-state index contributed by atoms with van der Waals surface area (Å²) in [6, 6.07) is 5.38. The van der Waals surface area contributed by atoms with Gasteiger partial charge < -0.3 is 19.2 Å². The van der Waals surface area contributed by atoms with E-state index in [0.717, 1.165) is 5.69 Å². The Bertz CT molecular complexity index is 589. The maximum absolute atomic E-state index is 6.18. The van der Waals surface area contributed by atoms with Crippen LogP contribution >= 0.6 is 11.6 Å². The van der Waals surface area contributed by atoms with Crippen molar-refractivity contribution in [2.75, 3.05) is 25.6 Å². The minimum atomic E-state index is -0.109. The molecule has 0 fully saturated rings. The zero-order valence-electron chi connectivity index (χ0n) is 12.2. The molecule has 0 aliphatic heterocycles. The number of halogens is 1. The zero-order chi connectivity index (χ0) is 15.2. The highest BCUT2D eigenvalue weighted by atomic mass is 35.5. The number of nitrogens with zero attached hydrogens (tertiary/aromatic N) is 2. The molecule has 0 spiro atoms. The molecular weight excluding hydrogens is 294 g/mol. The predicted molar refractivity (Wildman–Crippen MR) is 79.9 cm³/mol. The fourth-order valence-corrected chi connectivity index (χ4v) is 1.98. The van der Waals surface area contributed by atoms with Crippen molar-refractivity contribution in [3.8, 4) is 5.75 Å². The maximum Gasteiger partial charge on any atom is 0.238 e. The fourth-order valence-electron chi connectivity index (χ4n) is 1.74. The van der Waals surface area contributed by atoms with Crippen molar-refractivity contribution in [1.29, 1.82) is 0 Å². The molecule has 7 heteroatoms. The number of aromatic nitrogens is 2. The van der Waals surface area contributed by atoms with E-state index < -0.39 is 0 Å². The average molecular weight is 312 g/mol. The Morgan fingerprint density at radius 3 is 2.76 bits per heavy atom. The number of ether oxygens (including phenoxy) is 2. The van der Waals surface area contributed by atoms with Gasteiger partial charge in [0, 0.05) is 19.7 Å². The van der Waals surface area contributed by atoms with Crippen LogP contribution in [-0.2, 0) is 4.74 Å². The van der Waals surface area contributed by atoms with Crippen LogP contribution in [0.3, 0.4) is 0 Å². The van der Waals surface area contributed by atoms with E-state index in [-0.39, 0.29) is 6.04 Å². The van der Waals surface area contributed by atoms with Crippen LogP contribution in [-0.4, -0.2) is 30.5 Å². The molecule has 6 nitrogen and oxygen atoms in total. The fraction of sp³-hybridized carbons (Fsp3) is 0.429. The van der Waals surface area contributed by atoms with Crippen LogP contribution in [0.1, 0.15) is 24.7 Å². The number of nitrogens with one attached hydrogen (secondary N) is 1. The van der Waals surface area contributed by atoms with Crippen LogP contribution < -0.4 is 10.1 Å². The van der Waals surface area contributed by atoms with Crippen molar-refractivity contribution in [1.82, 2.24) is 10.2 Å². The minimum Gasteiger partial charge on any atom is -0.490 e. The Morgan fingerprint density at radius 1 is 1.33 bits per heavy atom. The smallest absolute Gasteiger partial charge is 0.238 e. The summed E-state index contributed by atoms with van der Waals surface area (Å²) in [6.45, 7) is 4.67. The Kier molecular flexibility index (Phi) is 5.41. The summed E-state index contributed by atoms with van der Waals surface area (Å²) in [4.78, 5) is 0. The van der Waals surface area contributed by atoms with Crippen LogP contribution in [0, 0.1) is 6.92 Å². The number of anilines is 1. The predicted octanol–water partition coefficient (Wildman–Crippen LogP) is 3.23. The molecule has 2 aromatic rings. The van der Waals surface area contributed by atoms with Gasteiger partial charge in [-0.3, -0.25) is 0 Å². The summed E-state index contributed by atoms with van der Waals surface area (Å²) >= 11 is 6.18. The molecule has 0 aliphatic carbocycles. The lowest BCUT2D eigenvalue weighted by molar-refractivity contribution is 0.146. The normalized spacial score (nSPS) is 12.2. The Balaban J connectivity index is 1.99. The van der Waals surface area contributed by atoms with E-state index in [9.17, 15) is 0 Å². The molecule has 1 aromatic heterocycles. The molecule has 0 radical (unpaired) electrons. The van der Waals surface area contributed by atoms with Gasteiger partial charge in [-0.1, -0.05) is 11.6 Å². The van der Waals surface area contributed by atoms with Crippen molar-refractivity contribution < 1.29 is 13.9 Å². The van der Waals surface area contributed by atoms with Gasteiger partial charge >= 0.3 is 0 Å². The average Bonchev–Trinajstić information content (AvgIpc) is 2.88. The largest absolute Gasteiger partial charge is 0.490 e. The highest BCUT2D eigenvalue weighted by molar-refractivity contribution is 6.32. The van der Waals surface area contributed by atoms with Gasteiger partial charge in [0.1, 0.15) is 18.4 Å². The molecule has 114 valence electrons. The molecule has 0 saturated heterocycles. The van der Waals surface area contributed by atoms with Crippen molar-refractivity contribution >= 4 is 17.3 Å². The lowest BCUT2D eigenvalue weighted by Crippen LogP contribution is -2.08. The molecule has 1 aromatic carbocycles. The molecule has 0 amide bonds. The maximum atomic E-state index is 6.18. The highest BCUT2D eigenvalue weighted by Gasteiger charge is 2.13. The summed E-state index contributed by atoms with van der Waals surface area (Å²) in [6.07, 6.45) is 0. The molecular formula is C14H18ClN3O3. The topological polar surface area (TPSA) is 69.4 Å². The summed E-state index contributed by atoms with van der Waals surface area (Å²) < 4.78 is 15.8. The molecule has 0 unspecified atom stereocenters. The summed E-state index contributed by atoms with van der Waals surface area (Å²) in [5, 5.41) is 11.6. The van der Waals surface area contributed by atoms with E-state index in [1.54, 1.807) is 20.1 Å². The molecule has 1 N–H and O–H groups in total. The van der Waals surface area contributed by atoms with Crippen molar-refractivity contribution in [3.05, 3.63) is 35.0 Å². The summed E-state index contributed by atoms with van der Waals surface area (Å²) in [5.41, 5.74) is 0.849. The summed E-state index contributed by atoms with van der Waals surface area (Å²) in [5.74, 6) is 1.70.